The quantitative estimate of drug-likeness (QED) is 0.809. The summed E-state index contributed by atoms with van der Waals surface area (Å²) in [5, 5.41) is 6.35. The predicted octanol–water partition coefficient (Wildman–Crippen LogP) is 3.55. The SMILES string of the molecule is Cc1cccc(C(C)C)c1Nc1ccnc(C(=O)NCCN(C)C)c1. The number of carbonyl (C=O) groups excluding carboxylic acids is 1. The maximum absolute atomic E-state index is 12.3. The predicted molar refractivity (Wildman–Crippen MR) is 104 cm³/mol. The second-order valence-corrected chi connectivity index (χ2v) is 6.81. The monoisotopic (exact) mass is 340 g/mol. The minimum Gasteiger partial charge on any atom is -0.355 e. The van der Waals surface area contributed by atoms with Gasteiger partial charge in [0.25, 0.3) is 5.91 Å². The van der Waals surface area contributed by atoms with E-state index >= 15 is 0 Å². The largest absolute Gasteiger partial charge is 0.355 e. The topological polar surface area (TPSA) is 57.3 Å². The number of carbonyl (C=O) groups is 1. The third kappa shape index (κ3) is 5.29. The summed E-state index contributed by atoms with van der Waals surface area (Å²) in [4.78, 5) is 18.5. The average molecular weight is 340 g/mol. The molecule has 2 N–H and O–H groups in total. The Morgan fingerprint density at radius 3 is 2.68 bits per heavy atom. The van der Waals surface area contributed by atoms with Gasteiger partial charge in [0.15, 0.2) is 0 Å². The number of amides is 1. The Hall–Kier alpha value is -2.40. The van der Waals surface area contributed by atoms with E-state index in [1.807, 2.05) is 25.1 Å². The molecule has 2 aromatic rings. The maximum atomic E-state index is 12.3. The normalized spacial score (nSPS) is 11.0. The molecular weight excluding hydrogens is 312 g/mol. The van der Waals surface area contributed by atoms with E-state index in [1.165, 1.54) is 11.1 Å². The highest BCUT2D eigenvalue weighted by atomic mass is 16.1. The van der Waals surface area contributed by atoms with Crippen LogP contribution in [0, 0.1) is 6.92 Å². The molecule has 0 atom stereocenters. The number of para-hydroxylation sites is 1. The lowest BCUT2D eigenvalue weighted by atomic mass is 9.98. The van der Waals surface area contributed by atoms with Crippen LogP contribution in [0.5, 0.6) is 0 Å². The molecule has 0 bridgehead atoms. The number of nitrogens with zero attached hydrogens (tertiary/aromatic N) is 2. The molecule has 5 heteroatoms. The van der Waals surface area contributed by atoms with E-state index in [2.05, 4.69) is 54.6 Å². The fourth-order valence-corrected chi connectivity index (χ4v) is 2.60. The fraction of sp³-hybridized carbons (Fsp3) is 0.400. The van der Waals surface area contributed by atoms with E-state index in [0.717, 1.165) is 17.9 Å². The molecule has 1 aromatic carbocycles. The number of rotatable bonds is 7. The van der Waals surface area contributed by atoms with E-state index in [-0.39, 0.29) is 5.91 Å². The van der Waals surface area contributed by atoms with Gasteiger partial charge in [-0.2, -0.15) is 0 Å². The first kappa shape index (κ1) is 18.9. The van der Waals surface area contributed by atoms with Crippen molar-refractivity contribution in [3.8, 4) is 0 Å². The molecule has 0 aliphatic carbocycles. The van der Waals surface area contributed by atoms with Crippen molar-refractivity contribution in [2.75, 3.05) is 32.5 Å². The first-order chi connectivity index (χ1) is 11.9. The van der Waals surface area contributed by atoms with Gasteiger partial charge in [-0.25, -0.2) is 0 Å². The van der Waals surface area contributed by atoms with E-state index in [0.29, 0.717) is 18.2 Å². The molecule has 25 heavy (non-hydrogen) atoms. The molecule has 2 rings (SSSR count). The summed E-state index contributed by atoms with van der Waals surface area (Å²) in [6, 6.07) is 9.97. The number of aromatic nitrogens is 1. The van der Waals surface area contributed by atoms with Gasteiger partial charge in [-0.1, -0.05) is 32.0 Å². The van der Waals surface area contributed by atoms with Crippen LogP contribution in [0.1, 0.15) is 41.4 Å². The van der Waals surface area contributed by atoms with Crippen LogP contribution in [0.4, 0.5) is 11.4 Å². The van der Waals surface area contributed by atoms with Gasteiger partial charge in [0.1, 0.15) is 5.69 Å². The molecule has 1 aromatic heterocycles. The molecule has 0 radical (unpaired) electrons. The highest BCUT2D eigenvalue weighted by Crippen LogP contribution is 2.30. The Morgan fingerprint density at radius 2 is 2.00 bits per heavy atom. The fourth-order valence-electron chi connectivity index (χ4n) is 2.60. The number of likely N-dealkylation sites (N-methyl/N-ethyl adjacent to an activating group) is 1. The van der Waals surface area contributed by atoms with Gasteiger partial charge in [-0.15, -0.1) is 0 Å². The lowest BCUT2D eigenvalue weighted by molar-refractivity contribution is 0.0946. The van der Waals surface area contributed by atoms with E-state index in [9.17, 15) is 4.79 Å². The highest BCUT2D eigenvalue weighted by molar-refractivity contribution is 5.93. The number of aryl methyl sites for hydroxylation is 1. The van der Waals surface area contributed by atoms with Crippen LogP contribution < -0.4 is 10.6 Å². The van der Waals surface area contributed by atoms with Crippen LogP contribution >= 0.6 is 0 Å². The molecule has 134 valence electrons. The lowest BCUT2D eigenvalue weighted by Gasteiger charge is -2.17. The Kier molecular flexibility index (Phi) is 6.53. The van der Waals surface area contributed by atoms with E-state index < -0.39 is 0 Å². The Labute approximate surface area is 150 Å². The number of anilines is 2. The summed E-state index contributed by atoms with van der Waals surface area (Å²) in [5.74, 6) is 0.261. The zero-order chi connectivity index (χ0) is 18.4. The van der Waals surface area contributed by atoms with E-state index in [4.69, 9.17) is 0 Å². The van der Waals surface area contributed by atoms with Crippen molar-refractivity contribution >= 4 is 17.3 Å². The maximum Gasteiger partial charge on any atom is 0.269 e. The van der Waals surface area contributed by atoms with Gasteiger partial charge in [0.2, 0.25) is 0 Å². The summed E-state index contributed by atoms with van der Waals surface area (Å²) in [5.41, 5.74) is 4.82. The summed E-state index contributed by atoms with van der Waals surface area (Å²) < 4.78 is 0. The molecule has 1 heterocycles. The van der Waals surface area contributed by atoms with Gasteiger partial charge in [-0.3, -0.25) is 9.78 Å². The Balaban J connectivity index is 2.16. The second kappa shape index (κ2) is 8.62. The Morgan fingerprint density at radius 1 is 1.24 bits per heavy atom. The van der Waals surface area contributed by atoms with Crippen LogP contribution in [0.25, 0.3) is 0 Å². The van der Waals surface area contributed by atoms with Crippen LogP contribution in [0.3, 0.4) is 0 Å². The van der Waals surface area contributed by atoms with Gasteiger partial charge >= 0.3 is 0 Å². The zero-order valence-electron chi connectivity index (χ0n) is 15.8. The molecule has 0 saturated carbocycles. The van der Waals surface area contributed by atoms with Crippen molar-refractivity contribution in [1.82, 2.24) is 15.2 Å². The first-order valence-corrected chi connectivity index (χ1v) is 8.64. The average Bonchev–Trinajstić information content (AvgIpc) is 2.56. The van der Waals surface area contributed by atoms with E-state index in [1.54, 1.807) is 12.3 Å². The van der Waals surface area contributed by atoms with Crippen molar-refractivity contribution in [3.05, 3.63) is 53.3 Å². The smallest absolute Gasteiger partial charge is 0.269 e. The second-order valence-electron chi connectivity index (χ2n) is 6.81. The first-order valence-electron chi connectivity index (χ1n) is 8.64. The standard InChI is InChI=1S/C20H28N4O/c1-14(2)17-8-6-7-15(3)19(17)23-16-9-10-21-18(13-16)20(25)22-11-12-24(4)5/h6-10,13-14H,11-12H2,1-5H3,(H,21,23)(H,22,25). The molecule has 5 nitrogen and oxygen atoms in total. The van der Waals surface area contributed by atoms with Crippen LogP contribution in [0.15, 0.2) is 36.5 Å². The zero-order valence-corrected chi connectivity index (χ0v) is 15.8. The summed E-state index contributed by atoms with van der Waals surface area (Å²) >= 11 is 0. The molecule has 1 amide bonds. The summed E-state index contributed by atoms with van der Waals surface area (Å²) in [7, 11) is 3.95. The van der Waals surface area contributed by atoms with Crippen molar-refractivity contribution in [1.29, 1.82) is 0 Å². The number of pyridine rings is 1. The van der Waals surface area contributed by atoms with Crippen LogP contribution in [-0.4, -0.2) is 43.0 Å². The highest BCUT2D eigenvalue weighted by Gasteiger charge is 2.11. The van der Waals surface area contributed by atoms with Crippen molar-refractivity contribution in [2.24, 2.45) is 0 Å². The van der Waals surface area contributed by atoms with Crippen molar-refractivity contribution in [2.45, 2.75) is 26.7 Å². The van der Waals surface area contributed by atoms with Gasteiger partial charge in [-0.05, 0) is 50.2 Å². The molecular formula is C20H28N4O. The number of benzene rings is 1. The van der Waals surface area contributed by atoms with Gasteiger partial charge < -0.3 is 15.5 Å². The number of nitrogens with one attached hydrogen (secondary N) is 2. The summed E-state index contributed by atoms with van der Waals surface area (Å²) in [6.07, 6.45) is 1.66. The molecule has 0 spiro atoms. The molecule has 0 aliphatic heterocycles. The molecule has 0 fully saturated rings. The van der Waals surface area contributed by atoms with Crippen molar-refractivity contribution < 1.29 is 4.79 Å². The minimum atomic E-state index is -0.153. The molecule has 0 saturated heterocycles. The third-order valence-electron chi connectivity index (χ3n) is 4.03. The third-order valence-corrected chi connectivity index (χ3v) is 4.03. The Bertz CT molecular complexity index is 725. The lowest BCUT2D eigenvalue weighted by Crippen LogP contribution is -2.31. The summed E-state index contributed by atoms with van der Waals surface area (Å²) in [6.45, 7) is 7.83. The number of hydrogen-bond donors (Lipinski definition) is 2. The van der Waals surface area contributed by atoms with Crippen LogP contribution in [0.2, 0.25) is 0 Å². The van der Waals surface area contributed by atoms with Gasteiger partial charge in [0.05, 0.1) is 0 Å². The van der Waals surface area contributed by atoms with Crippen LogP contribution in [-0.2, 0) is 0 Å². The molecule has 0 unspecified atom stereocenters. The van der Waals surface area contributed by atoms with Gasteiger partial charge in [0, 0.05) is 30.7 Å². The van der Waals surface area contributed by atoms with Crippen molar-refractivity contribution in [3.63, 3.8) is 0 Å². The number of hydrogen-bond acceptors (Lipinski definition) is 4. The minimum absolute atomic E-state index is 0.153. The molecule has 0 aliphatic rings.